The van der Waals surface area contributed by atoms with Crippen molar-refractivity contribution in [3.63, 3.8) is 0 Å². The maximum absolute atomic E-state index is 13.7. The Bertz CT molecular complexity index is 1300. The second-order valence-corrected chi connectivity index (χ2v) is 12.6. The summed E-state index contributed by atoms with van der Waals surface area (Å²) in [5.41, 5.74) is 1.44. The van der Waals surface area contributed by atoms with Gasteiger partial charge in [-0.1, -0.05) is 24.0 Å². The number of rotatable bonds is 8. The van der Waals surface area contributed by atoms with Crippen molar-refractivity contribution in [3.8, 4) is 22.8 Å². The Morgan fingerprint density at radius 1 is 1.13 bits per heavy atom. The summed E-state index contributed by atoms with van der Waals surface area (Å²) in [7, 11) is 3.16. The number of aliphatic carboxylic acids is 1. The molecular weight excluding hydrogens is 522 g/mol. The van der Waals surface area contributed by atoms with Gasteiger partial charge in [-0.3, -0.25) is 14.5 Å². The first kappa shape index (κ1) is 25.5. The lowest BCUT2D eigenvalue weighted by molar-refractivity contribution is -0.137. The first-order valence-electron chi connectivity index (χ1n) is 13.2. The number of carboxylic acids is 1. The van der Waals surface area contributed by atoms with Crippen LogP contribution < -0.4 is 9.47 Å². The fourth-order valence-corrected chi connectivity index (χ4v) is 8.63. The highest BCUT2D eigenvalue weighted by Gasteiger charge is 2.53. The van der Waals surface area contributed by atoms with Gasteiger partial charge in [-0.25, -0.2) is 0 Å². The average Bonchev–Trinajstić information content (AvgIpc) is 3.41. The van der Waals surface area contributed by atoms with Crippen LogP contribution in [0.3, 0.4) is 0 Å². The molecule has 7 nitrogen and oxygen atoms in total. The summed E-state index contributed by atoms with van der Waals surface area (Å²) in [6.07, 6.45) is 8.16. The van der Waals surface area contributed by atoms with E-state index in [-0.39, 0.29) is 24.8 Å². The minimum atomic E-state index is -0.895. The number of methoxy groups -OCH3 is 2. The van der Waals surface area contributed by atoms with Crippen molar-refractivity contribution in [2.24, 2.45) is 23.7 Å². The molecule has 7 rings (SSSR count). The van der Waals surface area contributed by atoms with Gasteiger partial charge in [0.2, 0.25) is 0 Å². The highest BCUT2D eigenvalue weighted by Crippen LogP contribution is 2.56. The summed E-state index contributed by atoms with van der Waals surface area (Å²) < 4.78 is 17.7. The Morgan fingerprint density at radius 3 is 2.47 bits per heavy atom. The van der Waals surface area contributed by atoms with Crippen molar-refractivity contribution in [2.45, 2.75) is 51.0 Å². The molecule has 1 aliphatic heterocycles. The molecule has 1 saturated heterocycles. The second-order valence-electron chi connectivity index (χ2n) is 10.9. The van der Waals surface area contributed by atoms with Crippen LogP contribution in [0.2, 0.25) is 0 Å². The summed E-state index contributed by atoms with van der Waals surface area (Å²) in [4.78, 5) is 27.5. The molecule has 5 fully saturated rings. The van der Waals surface area contributed by atoms with E-state index in [9.17, 15) is 14.7 Å². The molecule has 9 heteroatoms. The number of aryl methyl sites for hydroxylation is 1. The van der Waals surface area contributed by atoms with Crippen molar-refractivity contribution in [1.82, 2.24) is 4.90 Å². The molecule has 0 unspecified atom stereocenters. The summed E-state index contributed by atoms with van der Waals surface area (Å²) in [6.45, 7) is 0. The third-order valence-corrected chi connectivity index (χ3v) is 10.0. The number of thiocarbonyl (C=S) groups is 1. The van der Waals surface area contributed by atoms with Crippen LogP contribution in [0.1, 0.15) is 49.8 Å². The van der Waals surface area contributed by atoms with E-state index in [0.29, 0.717) is 49.6 Å². The predicted molar refractivity (Wildman–Crippen MR) is 149 cm³/mol. The number of amides is 1. The van der Waals surface area contributed by atoms with Crippen molar-refractivity contribution < 1.29 is 28.6 Å². The number of carboxylic acid groups (broad SMARTS) is 1. The van der Waals surface area contributed by atoms with Gasteiger partial charge in [0, 0.05) is 24.6 Å². The third kappa shape index (κ3) is 4.53. The van der Waals surface area contributed by atoms with Gasteiger partial charge in [0.05, 0.1) is 24.7 Å². The Kier molecular flexibility index (Phi) is 6.76. The molecular formula is C29H31NO6S2. The van der Waals surface area contributed by atoms with Gasteiger partial charge in [0.15, 0.2) is 0 Å². The zero-order valence-electron chi connectivity index (χ0n) is 21.5. The molecule has 1 amide bonds. The van der Waals surface area contributed by atoms with Crippen LogP contribution in [0, 0.1) is 23.7 Å². The topological polar surface area (TPSA) is 89.2 Å². The summed E-state index contributed by atoms with van der Waals surface area (Å²) >= 11 is 7.08. The van der Waals surface area contributed by atoms with Crippen LogP contribution in [0.25, 0.3) is 17.4 Å². The van der Waals surface area contributed by atoms with Gasteiger partial charge >= 0.3 is 5.97 Å². The highest BCUT2D eigenvalue weighted by molar-refractivity contribution is 8.26. The molecule has 4 saturated carbocycles. The van der Waals surface area contributed by atoms with E-state index in [4.69, 9.17) is 26.1 Å². The fraction of sp³-hybridized carbons (Fsp3) is 0.483. The van der Waals surface area contributed by atoms with E-state index < -0.39 is 5.97 Å². The van der Waals surface area contributed by atoms with Gasteiger partial charge in [0.1, 0.15) is 27.3 Å². The molecule has 4 aliphatic carbocycles. The fourth-order valence-electron chi connectivity index (χ4n) is 7.31. The van der Waals surface area contributed by atoms with Gasteiger partial charge in [0.25, 0.3) is 5.91 Å². The molecule has 1 aromatic heterocycles. The van der Waals surface area contributed by atoms with E-state index in [2.05, 4.69) is 0 Å². The van der Waals surface area contributed by atoms with Gasteiger partial charge < -0.3 is 19.0 Å². The maximum atomic E-state index is 13.7. The minimum absolute atomic E-state index is 0.0473. The number of benzene rings is 1. The largest absolute Gasteiger partial charge is 0.497 e. The lowest BCUT2D eigenvalue weighted by Crippen LogP contribution is -2.57. The van der Waals surface area contributed by atoms with Gasteiger partial charge in [-0.2, -0.15) is 0 Å². The summed E-state index contributed by atoms with van der Waals surface area (Å²) in [5, 5.41) is 9.31. The van der Waals surface area contributed by atoms with Crippen LogP contribution in [-0.4, -0.2) is 46.5 Å². The second kappa shape index (κ2) is 10.1. The Hall–Kier alpha value is -2.78. The quantitative estimate of drug-likeness (QED) is 0.314. The molecule has 38 heavy (non-hydrogen) atoms. The number of carbonyl (C=O) groups is 2. The lowest BCUT2D eigenvalue weighted by Gasteiger charge is -2.56. The van der Waals surface area contributed by atoms with Crippen LogP contribution >= 0.6 is 24.0 Å². The normalized spacial score (nSPS) is 28.9. The molecule has 1 N–H and O–H groups in total. The molecule has 0 radical (unpaired) electrons. The van der Waals surface area contributed by atoms with E-state index in [1.165, 1.54) is 43.9 Å². The number of thioether (sulfide) groups is 1. The molecule has 1 aromatic carbocycles. The van der Waals surface area contributed by atoms with Gasteiger partial charge in [-0.15, -0.1) is 0 Å². The summed E-state index contributed by atoms with van der Waals surface area (Å²) in [6, 6.07) is 7.45. The first-order valence-corrected chi connectivity index (χ1v) is 14.4. The van der Waals surface area contributed by atoms with Gasteiger partial charge in [-0.05, 0) is 86.0 Å². The third-order valence-electron chi connectivity index (χ3n) is 8.68. The van der Waals surface area contributed by atoms with Crippen molar-refractivity contribution in [1.29, 1.82) is 0 Å². The van der Waals surface area contributed by atoms with E-state index >= 15 is 0 Å². The van der Waals surface area contributed by atoms with Crippen LogP contribution in [0.4, 0.5) is 0 Å². The Balaban J connectivity index is 1.32. The van der Waals surface area contributed by atoms with E-state index in [0.717, 1.165) is 17.4 Å². The lowest BCUT2D eigenvalue weighted by atomic mass is 9.54. The molecule has 0 atom stereocenters. The Labute approximate surface area is 231 Å². The predicted octanol–water partition coefficient (Wildman–Crippen LogP) is 6.01. The maximum Gasteiger partial charge on any atom is 0.303 e. The molecule has 0 spiro atoms. The van der Waals surface area contributed by atoms with Crippen molar-refractivity contribution in [3.05, 3.63) is 40.5 Å². The monoisotopic (exact) mass is 553 g/mol. The van der Waals surface area contributed by atoms with E-state index in [1.807, 2.05) is 23.1 Å². The molecule has 5 aliphatic rings. The summed E-state index contributed by atoms with van der Waals surface area (Å²) in [5.74, 6) is 3.99. The standard InChI is InChI=1S/C29H31NO6S2/c1-34-20-4-5-21(23(13-20)35-2)24-12-17(3-6-26(31)32)22(36-24)14-25-28(33)30(29(37)38-25)27-18-8-15-7-16(10-18)11-19(27)9-15/h4-5,12-16,18-19,27H,3,6-11H2,1-2H3,(H,31,32)/b25-14-. The number of ether oxygens (including phenoxy) is 2. The SMILES string of the molecule is COc1ccc(-c2cc(CCC(=O)O)c(/C=C3\SC(=S)N(C4C5CC6CC(C5)CC4C6)C3=O)o2)c(OC)c1. The molecule has 2 heterocycles. The number of furan rings is 1. The van der Waals surface area contributed by atoms with Crippen LogP contribution in [0.5, 0.6) is 11.5 Å². The first-order chi connectivity index (χ1) is 18.3. The van der Waals surface area contributed by atoms with Crippen LogP contribution in [0.15, 0.2) is 33.6 Å². The smallest absolute Gasteiger partial charge is 0.303 e. The van der Waals surface area contributed by atoms with Crippen molar-refractivity contribution >= 4 is 46.3 Å². The number of hydrogen-bond donors (Lipinski definition) is 1. The number of carbonyl (C=O) groups excluding carboxylic acids is 1. The van der Waals surface area contributed by atoms with Crippen LogP contribution in [-0.2, 0) is 16.0 Å². The Morgan fingerprint density at radius 2 is 1.84 bits per heavy atom. The zero-order valence-corrected chi connectivity index (χ0v) is 23.1. The van der Waals surface area contributed by atoms with Crippen molar-refractivity contribution in [2.75, 3.05) is 14.2 Å². The number of nitrogens with zero attached hydrogens (tertiary/aromatic N) is 1. The zero-order chi connectivity index (χ0) is 26.6. The minimum Gasteiger partial charge on any atom is -0.497 e. The average molecular weight is 554 g/mol. The molecule has 2 aromatic rings. The molecule has 4 bridgehead atoms. The highest BCUT2D eigenvalue weighted by atomic mass is 32.2. The number of hydrogen-bond acceptors (Lipinski definition) is 7. The molecule has 200 valence electrons. The van der Waals surface area contributed by atoms with E-state index in [1.54, 1.807) is 26.4 Å².